The summed E-state index contributed by atoms with van der Waals surface area (Å²) in [5.41, 5.74) is 0.105. The number of hydrogen-bond donors (Lipinski definition) is 0. The highest BCUT2D eigenvalue weighted by molar-refractivity contribution is 9.10. The normalized spacial score (nSPS) is 10.4. The Balaban J connectivity index is 2.19. The van der Waals surface area contributed by atoms with Crippen LogP contribution in [0.5, 0.6) is 0 Å². The summed E-state index contributed by atoms with van der Waals surface area (Å²) in [4.78, 5) is 24.1. The fourth-order valence-electron chi connectivity index (χ4n) is 1.75. The molecular formula is C13H10Br2N2O4. The maximum Gasteiger partial charge on any atom is 0.284 e. The molecule has 21 heavy (non-hydrogen) atoms. The van der Waals surface area contributed by atoms with Gasteiger partial charge in [-0.3, -0.25) is 14.9 Å². The molecule has 0 atom stereocenters. The van der Waals surface area contributed by atoms with Gasteiger partial charge in [-0.25, -0.2) is 0 Å². The Bertz CT molecular complexity index is 699. The molecule has 110 valence electrons. The van der Waals surface area contributed by atoms with Crippen molar-refractivity contribution >= 4 is 43.5 Å². The zero-order chi connectivity index (χ0) is 15.6. The molecule has 1 aromatic heterocycles. The van der Waals surface area contributed by atoms with Gasteiger partial charge in [-0.2, -0.15) is 0 Å². The first-order chi connectivity index (χ1) is 9.88. The van der Waals surface area contributed by atoms with Crippen LogP contribution in [-0.2, 0) is 6.54 Å². The van der Waals surface area contributed by atoms with Gasteiger partial charge in [-0.05, 0) is 56.1 Å². The van der Waals surface area contributed by atoms with Crippen LogP contribution in [0.15, 0.2) is 43.9 Å². The Morgan fingerprint density at radius 1 is 1.33 bits per heavy atom. The molecule has 0 N–H and O–H groups in total. The van der Waals surface area contributed by atoms with Gasteiger partial charge in [-0.1, -0.05) is 0 Å². The molecule has 0 radical (unpaired) electrons. The molecule has 0 aliphatic carbocycles. The van der Waals surface area contributed by atoms with E-state index in [1.54, 1.807) is 19.2 Å². The average Bonchev–Trinajstić information content (AvgIpc) is 2.83. The third-order valence-electron chi connectivity index (χ3n) is 2.76. The molecule has 0 bridgehead atoms. The van der Waals surface area contributed by atoms with E-state index in [9.17, 15) is 14.9 Å². The van der Waals surface area contributed by atoms with Gasteiger partial charge in [0.25, 0.3) is 11.6 Å². The molecule has 8 heteroatoms. The van der Waals surface area contributed by atoms with Crippen molar-refractivity contribution in [3.05, 3.63) is 60.9 Å². The number of benzene rings is 1. The smallest absolute Gasteiger partial charge is 0.284 e. The zero-order valence-corrected chi connectivity index (χ0v) is 14.0. The maximum atomic E-state index is 12.3. The Morgan fingerprint density at radius 2 is 2.05 bits per heavy atom. The summed E-state index contributed by atoms with van der Waals surface area (Å²) in [6.07, 6.45) is 0. The molecule has 2 rings (SSSR count). The number of carbonyl (C=O) groups is 1. The van der Waals surface area contributed by atoms with Gasteiger partial charge in [0, 0.05) is 18.7 Å². The largest absolute Gasteiger partial charge is 0.452 e. The molecule has 1 amide bonds. The van der Waals surface area contributed by atoms with Crippen LogP contribution in [0.25, 0.3) is 0 Å². The molecule has 6 nitrogen and oxygen atoms in total. The molecule has 0 saturated heterocycles. The van der Waals surface area contributed by atoms with Gasteiger partial charge in [-0.15, -0.1) is 0 Å². The Kier molecular flexibility index (Phi) is 4.79. The average molecular weight is 418 g/mol. The van der Waals surface area contributed by atoms with Crippen molar-refractivity contribution in [2.24, 2.45) is 0 Å². The number of carbonyl (C=O) groups excluding carboxylic acids is 1. The lowest BCUT2D eigenvalue weighted by Crippen LogP contribution is -2.26. The van der Waals surface area contributed by atoms with Crippen LogP contribution < -0.4 is 0 Å². The SMILES string of the molecule is CN(Cc1ccc(Br)o1)C(=O)c1ccc(Br)c([N+](=O)[O-])c1. The van der Waals surface area contributed by atoms with E-state index >= 15 is 0 Å². The molecule has 0 aliphatic rings. The summed E-state index contributed by atoms with van der Waals surface area (Å²) in [5, 5.41) is 10.9. The molecule has 1 aromatic carbocycles. The predicted molar refractivity (Wildman–Crippen MR) is 83.0 cm³/mol. The van der Waals surface area contributed by atoms with E-state index in [2.05, 4.69) is 31.9 Å². The van der Waals surface area contributed by atoms with Crippen LogP contribution >= 0.6 is 31.9 Å². The highest BCUT2D eigenvalue weighted by atomic mass is 79.9. The number of rotatable bonds is 4. The second kappa shape index (κ2) is 6.40. The van der Waals surface area contributed by atoms with Gasteiger partial charge in [0.15, 0.2) is 4.67 Å². The molecule has 0 saturated carbocycles. The lowest BCUT2D eigenvalue weighted by atomic mass is 10.2. The van der Waals surface area contributed by atoms with Crippen LogP contribution in [0, 0.1) is 10.1 Å². The van der Waals surface area contributed by atoms with Crippen molar-refractivity contribution in [1.82, 2.24) is 4.90 Å². The van der Waals surface area contributed by atoms with Gasteiger partial charge in [0.1, 0.15) is 5.76 Å². The molecule has 1 heterocycles. The Labute approximate surface area is 137 Å². The topological polar surface area (TPSA) is 76.6 Å². The minimum Gasteiger partial charge on any atom is -0.452 e. The summed E-state index contributed by atoms with van der Waals surface area (Å²) in [7, 11) is 1.60. The van der Waals surface area contributed by atoms with Crippen molar-refractivity contribution < 1.29 is 14.1 Å². The van der Waals surface area contributed by atoms with Gasteiger partial charge >= 0.3 is 0 Å². The lowest BCUT2D eigenvalue weighted by Gasteiger charge is -2.15. The first-order valence-electron chi connectivity index (χ1n) is 5.82. The lowest BCUT2D eigenvalue weighted by molar-refractivity contribution is -0.385. The van der Waals surface area contributed by atoms with Crippen LogP contribution in [0.4, 0.5) is 5.69 Å². The van der Waals surface area contributed by atoms with Crippen molar-refractivity contribution in [3.63, 3.8) is 0 Å². The van der Waals surface area contributed by atoms with Crippen molar-refractivity contribution in [3.8, 4) is 0 Å². The van der Waals surface area contributed by atoms with Gasteiger partial charge < -0.3 is 9.32 Å². The van der Waals surface area contributed by atoms with E-state index in [1.165, 1.54) is 23.1 Å². The second-order valence-corrected chi connectivity index (χ2v) is 5.93. The second-order valence-electron chi connectivity index (χ2n) is 4.29. The van der Waals surface area contributed by atoms with Crippen molar-refractivity contribution in [1.29, 1.82) is 0 Å². The number of halogens is 2. The number of amides is 1. The Hall–Kier alpha value is -1.67. The standard InChI is InChI=1S/C13H10Br2N2O4/c1-16(7-9-3-5-12(15)21-9)13(18)8-2-4-10(14)11(6-8)17(19)20/h2-6H,7H2,1H3. The van der Waals surface area contributed by atoms with E-state index in [0.717, 1.165) is 0 Å². The van der Waals surface area contributed by atoms with E-state index in [0.29, 0.717) is 14.9 Å². The Morgan fingerprint density at radius 3 is 2.62 bits per heavy atom. The van der Waals surface area contributed by atoms with Crippen LogP contribution in [0.2, 0.25) is 0 Å². The molecule has 0 fully saturated rings. The summed E-state index contributed by atoms with van der Waals surface area (Å²) in [6, 6.07) is 7.76. The maximum absolute atomic E-state index is 12.3. The third-order valence-corrected chi connectivity index (χ3v) is 3.86. The van der Waals surface area contributed by atoms with Crippen molar-refractivity contribution in [2.45, 2.75) is 6.54 Å². The molecule has 0 unspecified atom stereocenters. The molecular weight excluding hydrogens is 408 g/mol. The zero-order valence-electron chi connectivity index (χ0n) is 10.9. The van der Waals surface area contributed by atoms with E-state index < -0.39 is 4.92 Å². The van der Waals surface area contributed by atoms with Crippen LogP contribution in [0.1, 0.15) is 16.1 Å². The third kappa shape index (κ3) is 3.70. The number of nitro groups is 1. The number of furan rings is 1. The van der Waals surface area contributed by atoms with Crippen LogP contribution in [-0.4, -0.2) is 22.8 Å². The highest BCUT2D eigenvalue weighted by Gasteiger charge is 2.19. The highest BCUT2D eigenvalue weighted by Crippen LogP contribution is 2.26. The predicted octanol–water partition coefficient (Wildman–Crippen LogP) is 3.99. The van der Waals surface area contributed by atoms with Gasteiger partial charge in [0.2, 0.25) is 0 Å². The number of hydrogen-bond acceptors (Lipinski definition) is 4. The number of nitro benzene ring substituents is 1. The van der Waals surface area contributed by atoms with Gasteiger partial charge in [0.05, 0.1) is 15.9 Å². The summed E-state index contributed by atoms with van der Waals surface area (Å²) in [5.74, 6) is 0.294. The quantitative estimate of drug-likeness (QED) is 0.556. The minimum atomic E-state index is -0.537. The van der Waals surface area contributed by atoms with E-state index in [-0.39, 0.29) is 23.7 Å². The van der Waals surface area contributed by atoms with Crippen molar-refractivity contribution in [2.75, 3.05) is 7.05 Å². The summed E-state index contributed by atoms with van der Waals surface area (Å²) < 4.78 is 6.24. The molecule has 0 spiro atoms. The fourth-order valence-corrected chi connectivity index (χ4v) is 2.48. The number of nitrogens with zero attached hydrogens (tertiary/aromatic N) is 2. The first-order valence-corrected chi connectivity index (χ1v) is 7.40. The minimum absolute atomic E-state index is 0.144. The molecule has 0 aliphatic heterocycles. The van der Waals surface area contributed by atoms with E-state index in [1.807, 2.05) is 0 Å². The first kappa shape index (κ1) is 15.7. The summed E-state index contributed by atoms with van der Waals surface area (Å²) in [6.45, 7) is 0.272. The molecule has 2 aromatic rings. The monoisotopic (exact) mass is 416 g/mol. The summed E-state index contributed by atoms with van der Waals surface area (Å²) >= 11 is 6.27. The fraction of sp³-hybridized carbons (Fsp3) is 0.154. The van der Waals surface area contributed by atoms with Crippen LogP contribution in [0.3, 0.4) is 0 Å². The van der Waals surface area contributed by atoms with E-state index in [4.69, 9.17) is 4.42 Å².